The number of nitrogens with one attached hydrogen (secondary N) is 1. The summed E-state index contributed by atoms with van der Waals surface area (Å²) in [5.41, 5.74) is 4.92. The number of hydrazone groups is 1. The van der Waals surface area contributed by atoms with Crippen LogP contribution in [-0.4, -0.2) is 32.9 Å². The van der Waals surface area contributed by atoms with E-state index in [9.17, 15) is 4.79 Å². The molecule has 0 saturated heterocycles. The molecule has 2 bridgehead atoms. The molecular weight excluding hydrogens is 344 g/mol. The summed E-state index contributed by atoms with van der Waals surface area (Å²) in [5.74, 6) is 2.05. The van der Waals surface area contributed by atoms with Gasteiger partial charge in [0.05, 0.1) is 27.8 Å². The number of hydrogen-bond donors (Lipinski definition) is 1. The SMILES string of the molecule is COc1ccc(CC(=O)N/N=C2/C[C@H]3CC[C@]2(C)C3(C)C)c(OC)c1OC. The fraction of sp³-hybridized carbons (Fsp3) is 0.619. The first-order valence-corrected chi connectivity index (χ1v) is 9.42. The van der Waals surface area contributed by atoms with E-state index < -0.39 is 0 Å². The van der Waals surface area contributed by atoms with Crippen LogP contribution in [0.2, 0.25) is 0 Å². The summed E-state index contributed by atoms with van der Waals surface area (Å²) < 4.78 is 16.1. The van der Waals surface area contributed by atoms with Gasteiger partial charge in [-0.15, -0.1) is 0 Å². The Kier molecular flexibility index (Phi) is 5.10. The lowest BCUT2D eigenvalue weighted by atomic mass is 9.70. The maximum absolute atomic E-state index is 12.5. The minimum Gasteiger partial charge on any atom is -0.493 e. The summed E-state index contributed by atoms with van der Waals surface area (Å²) >= 11 is 0. The molecule has 1 aromatic carbocycles. The smallest absolute Gasteiger partial charge is 0.244 e. The zero-order valence-corrected chi connectivity index (χ0v) is 17.1. The first-order chi connectivity index (χ1) is 12.8. The molecule has 3 rings (SSSR count). The second-order valence-electron chi connectivity index (χ2n) is 8.26. The van der Waals surface area contributed by atoms with Crippen molar-refractivity contribution in [2.75, 3.05) is 21.3 Å². The molecule has 6 nitrogen and oxygen atoms in total. The maximum Gasteiger partial charge on any atom is 0.244 e. The minimum absolute atomic E-state index is 0.0754. The second kappa shape index (κ2) is 7.06. The Labute approximate surface area is 161 Å². The molecule has 2 atom stereocenters. The van der Waals surface area contributed by atoms with Gasteiger partial charge < -0.3 is 14.2 Å². The van der Waals surface area contributed by atoms with Crippen molar-refractivity contribution in [3.8, 4) is 17.2 Å². The fourth-order valence-corrected chi connectivity index (χ4v) is 4.74. The number of rotatable bonds is 6. The summed E-state index contributed by atoms with van der Waals surface area (Å²) in [6, 6.07) is 3.59. The Balaban J connectivity index is 1.74. The van der Waals surface area contributed by atoms with Gasteiger partial charge in [-0.2, -0.15) is 5.10 Å². The third kappa shape index (κ3) is 3.05. The van der Waals surface area contributed by atoms with Crippen LogP contribution in [0.4, 0.5) is 0 Å². The number of carbonyl (C=O) groups is 1. The summed E-state index contributed by atoms with van der Waals surface area (Å²) in [5, 5.41) is 4.52. The van der Waals surface area contributed by atoms with Gasteiger partial charge in [-0.25, -0.2) is 5.43 Å². The quantitative estimate of drug-likeness (QED) is 0.773. The van der Waals surface area contributed by atoms with Gasteiger partial charge in [0.15, 0.2) is 11.5 Å². The van der Waals surface area contributed by atoms with Crippen molar-refractivity contribution in [1.82, 2.24) is 5.43 Å². The Hall–Kier alpha value is -2.24. The number of carbonyl (C=O) groups excluding carboxylic acids is 1. The highest BCUT2D eigenvalue weighted by Crippen LogP contribution is 2.63. The largest absolute Gasteiger partial charge is 0.493 e. The van der Waals surface area contributed by atoms with E-state index >= 15 is 0 Å². The third-order valence-corrected chi connectivity index (χ3v) is 6.96. The summed E-state index contributed by atoms with van der Waals surface area (Å²) in [4.78, 5) is 12.5. The zero-order chi connectivity index (χ0) is 19.8. The van der Waals surface area contributed by atoms with E-state index in [1.165, 1.54) is 6.42 Å². The van der Waals surface area contributed by atoms with Gasteiger partial charge >= 0.3 is 0 Å². The second-order valence-corrected chi connectivity index (χ2v) is 8.26. The molecule has 0 heterocycles. The molecule has 0 spiro atoms. The molecule has 2 aliphatic carbocycles. The van der Waals surface area contributed by atoms with Crippen LogP contribution in [0.15, 0.2) is 17.2 Å². The van der Waals surface area contributed by atoms with E-state index in [2.05, 4.69) is 31.3 Å². The fourth-order valence-electron chi connectivity index (χ4n) is 4.74. The highest BCUT2D eigenvalue weighted by Gasteiger charge is 2.60. The van der Waals surface area contributed by atoms with E-state index in [1.54, 1.807) is 27.4 Å². The molecule has 27 heavy (non-hydrogen) atoms. The molecule has 1 N–H and O–H groups in total. The van der Waals surface area contributed by atoms with Crippen LogP contribution in [0.1, 0.15) is 45.6 Å². The minimum atomic E-state index is -0.169. The molecule has 0 radical (unpaired) electrons. The van der Waals surface area contributed by atoms with Gasteiger partial charge in [0.2, 0.25) is 11.7 Å². The van der Waals surface area contributed by atoms with Gasteiger partial charge in [-0.3, -0.25) is 4.79 Å². The van der Waals surface area contributed by atoms with Crippen LogP contribution in [0, 0.1) is 16.7 Å². The number of hydrogen-bond acceptors (Lipinski definition) is 5. The lowest BCUT2D eigenvalue weighted by molar-refractivity contribution is -0.120. The third-order valence-electron chi connectivity index (χ3n) is 6.96. The molecule has 0 aromatic heterocycles. The van der Waals surface area contributed by atoms with Crippen LogP contribution in [0.5, 0.6) is 17.2 Å². The van der Waals surface area contributed by atoms with Crippen LogP contribution < -0.4 is 19.6 Å². The van der Waals surface area contributed by atoms with Gasteiger partial charge in [-0.05, 0) is 36.7 Å². The Morgan fingerprint density at radius 3 is 2.37 bits per heavy atom. The van der Waals surface area contributed by atoms with Crippen LogP contribution in [-0.2, 0) is 11.2 Å². The van der Waals surface area contributed by atoms with Gasteiger partial charge in [0, 0.05) is 16.7 Å². The average Bonchev–Trinajstić information content (AvgIpc) is 2.99. The number of ether oxygens (including phenoxy) is 3. The van der Waals surface area contributed by atoms with Crippen molar-refractivity contribution in [2.45, 2.75) is 46.5 Å². The van der Waals surface area contributed by atoms with Crippen molar-refractivity contribution in [1.29, 1.82) is 0 Å². The van der Waals surface area contributed by atoms with E-state index in [-0.39, 0.29) is 23.2 Å². The van der Waals surface area contributed by atoms with Crippen molar-refractivity contribution in [3.05, 3.63) is 17.7 Å². The van der Waals surface area contributed by atoms with Gasteiger partial charge in [0.25, 0.3) is 0 Å². The summed E-state index contributed by atoms with van der Waals surface area (Å²) in [6.07, 6.45) is 3.52. The van der Waals surface area contributed by atoms with Crippen molar-refractivity contribution < 1.29 is 19.0 Å². The predicted molar refractivity (Wildman–Crippen MR) is 105 cm³/mol. The molecule has 0 aliphatic heterocycles. The first kappa shape index (κ1) is 19.5. The molecule has 0 unspecified atom stereocenters. The molecule has 2 saturated carbocycles. The number of amides is 1. The predicted octanol–water partition coefficient (Wildman–Crippen LogP) is 3.57. The van der Waals surface area contributed by atoms with Crippen LogP contribution >= 0.6 is 0 Å². The molecule has 6 heteroatoms. The zero-order valence-electron chi connectivity index (χ0n) is 17.1. The van der Waals surface area contributed by atoms with Gasteiger partial charge in [0.1, 0.15) is 0 Å². The Bertz CT molecular complexity index is 772. The highest BCUT2D eigenvalue weighted by atomic mass is 16.5. The lowest BCUT2D eigenvalue weighted by Gasteiger charge is -2.34. The Morgan fingerprint density at radius 1 is 1.15 bits per heavy atom. The van der Waals surface area contributed by atoms with E-state index in [4.69, 9.17) is 14.2 Å². The maximum atomic E-state index is 12.5. The standard InChI is InChI=1S/C21H30N2O4/c1-20(2)14-9-10-21(20,3)16(12-14)22-23-17(24)11-13-7-8-15(25-4)19(27-6)18(13)26-5/h7-8,14H,9-12H2,1-6H3,(H,23,24)/b22-16-/t14-,21+/m1/s1. The molecule has 1 amide bonds. The molecular formula is C21H30N2O4. The van der Waals surface area contributed by atoms with Crippen LogP contribution in [0.3, 0.4) is 0 Å². The van der Waals surface area contributed by atoms with E-state index in [0.717, 1.165) is 24.1 Å². The van der Waals surface area contributed by atoms with Crippen molar-refractivity contribution in [3.63, 3.8) is 0 Å². The topological polar surface area (TPSA) is 69.2 Å². The lowest BCUT2D eigenvalue weighted by Crippen LogP contribution is -2.34. The molecule has 1 aromatic rings. The number of benzene rings is 1. The van der Waals surface area contributed by atoms with E-state index in [1.807, 2.05) is 6.07 Å². The highest BCUT2D eigenvalue weighted by molar-refractivity contribution is 5.95. The average molecular weight is 374 g/mol. The van der Waals surface area contributed by atoms with Crippen LogP contribution in [0.25, 0.3) is 0 Å². The first-order valence-electron chi connectivity index (χ1n) is 9.42. The van der Waals surface area contributed by atoms with Crippen molar-refractivity contribution >= 4 is 11.6 Å². The number of methoxy groups -OCH3 is 3. The molecule has 2 fully saturated rings. The number of fused-ring (bicyclic) bond motifs is 2. The number of nitrogens with zero attached hydrogens (tertiary/aromatic N) is 1. The van der Waals surface area contributed by atoms with E-state index in [0.29, 0.717) is 23.2 Å². The molecule has 2 aliphatic rings. The van der Waals surface area contributed by atoms with Gasteiger partial charge in [-0.1, -0.05) is 26.8 Å². The summed E-state index contributed by atoms with van der Waals surface area (Å²) in [6.45, 7) is 6.93. The monoisotopic (exact) mass is 374 g/mol. The summed E-state index contributed by atoms with van der Waals surface area (Å²) in [7, 11) is 4.67. The normalized spacial score (nSPS) is 26.9. The van der Waals surface area contributed by atoms with Crippen molar-refractivity contribution in [2.24, 2.45) is 21.8 Å². The molecule has 148 valence electrons. The Morgan fingerprint density at radius 2 is 1.85 bits per heavy atom.